The maximum Gasteiger partial charge on any atom is 0.416 e. The summed E-state index contributed by atoms with van der Waals surface area (Å²) in [6, 6.07) is 3.17. The molecule has 0 radical (unpaired) electrons. The molecule has 5 nitrogen and oxygen atoms in total. The molecule has 0 atom stereocenters. The van der Waals surface area contributed by atoms with Gasteiger partial charge in [-0.2, -0.15) is 13.2 Å². The van der Waals surface area contributed by atoms with Gasteiger partial charge in [-0.1, -0.05) is 0 Å². The average molecular weight is 324 g/mol. The maximum atomic E-state index is 12.9. The lowest BCUT2D eigenvalue weighted by Gasteiger charge is -2.19. The minimum Gasteiger partial charge on any atom is -0.376 e. The van der Waals surface area contributed by atoms with Crippen LogP contribution >= 0.6 is 0 Å². The molecule has 0 aliphatic heterocycles. The third kappa shape index (κ3) is 3.97. The second kappa shape index (κ2) is 6.23. The van der Waals surface area contributed by atoms with Crippen molar-refractivity contribution in [3.05, 3.63) is 47.5 Å². The number of aryl methyl sites for hydroxylation is 1. The van der Waals surface area contributed by atoms with E-state index in [1.807, 2.05) is 0 Å². The summed E-state index contributed by atoms with van der Waals surface area (Å²) < 4.78 is 38.6. The summed E-state index contributed by atoms with van der Waals surface area (Å²) in [5.74, 6) is -0.625. The molecule has 8 heteroatoms. The van der Waals surface area contributed by atoms with Crippen LogP contribution in [0.25, 0.3) is 0 Å². The van der Waals surface area contributed by atoms with E-state index in [-0.39, 0.29) is 11.4 Å². The molecule has 122 valence electrons. The molecule has 1 N–H and O–H groups in total. The number of amides is 1. The molecule has 1 amide bonds. The summed E-state index contributed by atoms with van der Waals surface area (Å²) in [5, 5.41) is 2.46. The Morgan fingerprint density at radius 3 is 2.39 bits per heavy atom. The molecule has 0 fully saturated rings. The Labute approximate surface area is 131 Å². The highest BCUT2D eigenvalue weighted by Crippen LogP contribution is 2.35. The van der Waals surface area contributed by atoms with Crippen LogP contribution in [0, 0.1) is 6.92 Å². The Balaban J connectivity index is 2.36. The number of hydrogen-bond donors (Lipinski definition) is 1. The standard InChI is InChI=1S/C15H15F3N4O/c1-9-7-20-12(8-19-9)14(23)21-11-6-10(15(16,17)18)4-5-13(11)22(2)3/h4-8H,1-3H3,(H,21,23). The van der Waals surface area contributed by atoms with Crippen molar-refractivity contribution in [1.82, 2.24) is 9.97 Å². The molecule has 0 unspecified atom stereocenters. The van der Waals surface area contributed by atoms with Crippen LogP contribution in [-0.4, -0.2) is 30.0 Å². The van der Waals surface area contributed by atoms with Gasteiger partial charge in [-0.25, -0.2) is 4.98 Å². The number of carbonyl (C=O) groups excluding carboxylic acids is 1. The van der Waals surface area contributed by atoms with Crippen LogP contribution in [0.4, 0.5) is 24.5 Å². The van der Waals surface area contributed by atoms with E-state index in [1.54, 1.807) is 25.9 Å². The first-order chi connectivity index (χ1) is 10.7. The van der Waals surface area contributed by atoms with Gasteiger partial charge in [0.05, 0.1) is 28.8 Å². The van der Waals surface area contributed by atoms with Crippen molar-refractivity contribution in [3.63, 3.8) is 0 Å². The predicted molar refractivity (Wildman–Crippen MR) is 80.5 cm³/mol. The Morgan fingerprint density at radius 1 is 1.17 bits per heavy atom. The molecular formula is C15H15F3N4O. The Morgan fingerprint density at radius 2 is 1.87 bits per heavy atom. The SMILES string of the molecule is Cc1cnc(C(=O)Nc2cc(C(F)(F)F)ccc2N(C)C)cn1. The monoisotopic (exact) mass is 324 g/mol. The Bertz CT molecular complexity index is 712. The van der Waals surface area contributed by atoms with Crippen molar-refractivity contribution in [2.75, 3.05) is 24.3 Å². The summed E-state index contributed by atoms with van der Waals surface area (Å²) in [7, 11) is 3.34. The summed E-state index contributed by atoms with van der Waals surface area (Å²) in [4.78, 5) is 21.6. The van der Waals surface area contributed by atoms with Gasteiger partial charge in [0, 0.05) is 20.3 Å². The maximum absolute atomic E-state index is 12.9. The number of halogens is 3. The summed E-state index contributed by atoms with van der Waals surface area (Å²) >= 11 is 0. The average Bonchev–Trinajstić information content (AvgIpc) is 2.46. The van der Waals surface area contributed by atoms with Crippen molar-refractivity contribution < 1.29 is 18.0 Å². The lowest BCUT2D eigenvalue weighted by Crippen LogP contribution is -2.19. The largest absolute Gasteiger partial charge is 0.416 e. The normalized spacial score (nSPS) is 11.2. The quantitative estimate of drug-likeness (QED) is 0.942. The molecule has 1 aromatic heterocycles. The first kappa shape index (κ1) is 16.7. The van der Waals surface area contributed by atoms with Crippen LogP contribution in [0.2, 0.25) is 0 Å². The minimum atomic E-state index is -4.49. The van der Waals surface area contributed by atoms with E-state index in [0.29, 0.717) is 11.4 Å². The van der Waals surface area contributed by atoms with Crippen molar-refractivity contribution in [2.45, 2.75) is 13.1 Å². The number of nitrogens with zero attached hydrogens (tertiary/aromatic N) is 3. The van der Waals surface area contributed by atoms with E-state index < -0.39 is 17.6 Å². The molecule has 0 aliphatic rings. The fourth-order valence-corrected chi connectivity index (χ4v) is 1.90. The molecule has 0 saturated carbocycles. The fraction of sp³-hybridized carbons (Fsp3) is 0.267. The first-order valence-corrected chi connectivity index (χ1v) is 6.67. The molecule has 2 aromatic rings. The Kier molecular flexibility index (Phi) is 4.53. The number of hydrogen-bond acceptors (Lipinski definition) is 4. The number of anilines is 2. The van der Waals surface area contributed by atoms with E-state index in [9.17, 15) is 18.0 Å². The van der Waals surface area contributed by atoms with Crippen molar-refractivity contribution in [1.29, 1.82) is 0 Å². The number of aromatic nitrogens is 2. The van der Waals surface area contributed by atoms with Gasteiger partial charge >= 0.3 is 6.18 Å². The summed E-state index contributed by atoms with van der Waals surface area (Å²) in [6.45, 7) is 1.71. The summed E-state index contributed by atoms with van der Waals surface area (Å²) in [5.41, 5.74) is 0.323. The van der Waals surface area contributed by atoms with Crippen LogP contribution in [0.3, 0.4) is 0 Å². The highest BCUT2D eigenvalue weighted by molar-refractivity contribution is 6.04. The number of benzene rings is 1. The van der Waals surface area contributed by atoms with Crippen LogP contribution in [-0.2, 0) is 6.18 Å². The van der Waals surface area contributed by atoms with Crippen LogP contribution in [0.5, 0.6) is 0 Å². The lowest BCUT2D eigenvalue weighted by atomic mass is 10.1. The molecule has 1 aromatic carbocycles. The van der Waals surface area contributed by atoms with Gasteiger partial charge in [-0.05, 0) is 25.1 Å². The van der Waals surface area contributed by atoms with Gasteiger partial charge in [0.15, 0.2) is 0 Å². The van der Waals surface area contributed by atoms with Gasteiger partial charge in [0.2, 0.25) is 0 Å². The van der Waals surface area contributed by atoms with Gasteiger partial charge in [-0.15, -0.1) is 0 Å². The molecule has 0 saturated heterocycles. The fourth-order valence-electron chi connectivity index (χ4n) is 1.90. The van der Waals surface area contributed by atoms with Crippen LogP contribution in [0.15, 0.2) is 30.6 Å². The van der Waals surface area contributed by atoms with E-state index in [4.69, 9.17) is 0 Å². The molecule has 0 aliphatic carbocycles. The molecular weight excluding hydrogens is 309 g/mol. The molecule has 23 heavy (non-hydrogen) atoms. The number of nitrogens with one attached hydrogen (secondary N) is 1. The Hall–Kier alpha value is -2.64. The van der Waals surface area contributed by atoms with Gasteiger partial charge < -0.3 is 10.2 Å². The van der Waals surface area contributed by atoms with Crippen molar-refractivity contribution >= 4 is 17.3 Å². The van der Waals surface area contributed by atoms with Gasteiger partial charge in [0.25, 0.3) is 5.91 Å². The number of rotatable bonds is 3. The third-order valence-electron chi connectivity index (χ3n) is 3.07. The second-order valence-corrected chi connectivity index (χ2v) is 5.12. The second-order valence-electron chi connectivity index (χ2n) is 5.12. The van der Waals surface area contributed by atoms with Gasteiger partial charge in [-0.3, -0.25) is 9.78 Å². The highest BCUT2D eigenvalue weighted by Gasteiger charge is 2.31. The molecule has 1 heterocycles. The zero-order chi connectivity index (χ0) is 17.2. The van der Waals surface area contributed by atoms with Crippen LogP contribution < -0.4 is 10.2 Å². The van der Waals surface area contributed by atoms with E-state index in [1.165, 1.54) is 18.5 Å². The number of alkyl halides is 3. The van der Waals surface area contributed by atoms with E-state index in [0.717, 1.165) is 12.1 Å². The van der Waals surface area contributed by atoms with E-state index >= 15 is 0 Å². The van der Waals surface area contributed by atoms with Crippen molar-refractivity contribution in [3.8, 4) is 0 Å². The van der Waals surface area contributed by atoms with Gasteiger partial charge in [0.1, 0.15) is 5.69 Å². The van der Waals surface area contributed by atoms with E-state index in [2.05, 4.69) is 15.3 Å². The predicted octanol–water partition coefficient (Wildman–Crippen LogP) is 3.12. The van der Waals surface area contributed by atoms with Crippen LogP contribution in [0.1, 0.15) is 21.7 Å². The third-order valence-corrected chi connectivity index (χ3v) is 3.07. The lowest BCUT2D eigenvalue weighted by molar-refractivity contribution is -0.137. The van der Waals surface area contributed by atoms with Crippen molar-refractivity contribution in [2.24, 2.45) is 0 Å². The summed E-state index contributed by atoms with van der Waals surface area (Å²) in [6.07, 6.45) is -1.81. The number of carbonyl (C=O) groups is 1. The zero-order valence-corrected chi connectivity index (χ0v) is 12.8. The smallest absolute Gasteiger partial charge is 0.376 e. The molecule has 2 rings (SSSR count). The topological polar surface area (TPSA) is 58.1 Å². The highest BCUT2D eigenvalue weighted by atomic mass is 19.4. The zero-order valence-electron chi connectivity index (χ0n) is 12.8. The molecule has 0 bridgehead atoms. The molecule has 0 spiro atoms. The first-order valence-electron chi connectivity index (χ1n) is 6.67. The minimum absolute atomic E-state index is 0.0257.